The number of aliphatic hydroxyl groups is 3. The number of allylic oxidation sites excluding steroid dienone is 1. The summed E-state index contributed by atoms with van der Waals surface area (Å²) in [6.07, 6.45) is 12.3. The van der Waals surface area contributed by atoms with Gasteiger partial charge in [-0.25, -0.2) is 0 Å². The second kappa shape index (κ2) is 12.2. The molecule has 1 rings (SSSR count). The van der Waals surface area contributed by atoms with Crippen molar-refractivity contribution in [1.82, 2.24) is 0 Å². The van der Waals surface area contributed by atoms with E-state index in [-0.39, 0.29) is 18.3 Å². The molecule has 5 nitrogen and oxygen atoms in total. The van der Waals surface area contributed by atoms with Crippen LogP contribution in [0.5, 0.6) is 0 Å². The average molecular weight is 354 g/mol. The van der Waals surface area contributed by atoms with E-state index in [1.54, 1.807) is 12.2 Å². The number of carboxylic acids is 1. The Morgan fingerprint density at radius 1 is 1.16 bits per heavy atom. The van der Waals surface area contributed by atoms with Crippen molar-refractivity contribution < 1.29 is 25.2 Å². The number of carbonyl (C=O) groups is 1. The molecule has 1 fully saturated rings. The molecule has 0 bridgehead atoms. The minimum absolute atomic E-state index is 0.0706. The van der Waals surface area contributed by atoms with Crippen LogP contribution in [0.15, 0.2) is 24.3 Å². The molecule has 0 amide bonds. The van der Waals surface area contributed by atoms with Crippen LogP contribution in [0.2, 0.25) is 0 Å². The smallest absolute Gasteiger partial charge is 0.303 e. The number of hydrogen-bond acceptors (Lipinski definition) is 4. The van der Waals surface area contributed by atoms with Crippen molar-refractivity contribution in [2.45, 2.75) is 83.0 Å². The molecule has 4 N–H and O–H groups in total. The zero-order valence-corrected chi connectivity index (χ0v) is 15.3. The number of aliphatic hydroxyl groups excluding tert-OH is 3. The fourth-order valence-electron chi connectivity index (χ4n) is 3.47. The van der Waals surface area contributed by atoms with E-state index in [0.29, 0.717) is 25.7 Å². The molecule has 5 heteroatoms. The van der Waals surface area contributed by atoms with Crippen molar-refractivity contribution in [3.05, 3.63) is 24.3 Å². The molecule has 0 radical (unpaired) electrons. The minimum atomic E-state index is -0.846. The molecule has 1 aliphatic carbocycles. The van der Waals surface area contributed by atoms with Crippen LogP contribution in [0.3, 0.4) is 0 Å². The van der Waals surface area contributed by atoms with E-state index in [9.17, 15) is 20.1 Å². The highest BCUT2D eigenvalue weighted by molar-refractivity contribution is 5.66. The quantitative estimate of drug-likeness (QED) is 0.319. The van der Waals surface area contributed by atoms with E-state index in [0.717, 1.165) is 6.42 Å². The van der Waals surface area contributed by atoms with Crippen molar-refractivity contribution in [2.75, 3.05) is 0 Å². The van der Waals surface area contributed by atoms with Crippen LogP contribution in [0.25, 0.3) is 0 Å². The Morgan fingerprint density at radius 2 is 1.92 bits per heavy atom. The van der Waals surface area contributed by atoms with Gasteiger partial charge in [0.15, 0.2) is 0 Å². The molecule has 1 aliphatic rings. The fourth-order valence-corrected chi connectivity index (χ4v) is 3.47. The summed E-state index contributed by atoms with van der Waals surface area (Å²) in [5, 5.41) is 39.0. The Hall–Kier alpha value is -1.17. The molecule has 0 heterocycles. The van der Waals surface area contributed by atoms with Gasteiger partial charge in [-0.1, -0.05) is 44.1 Å². The summed E-state index contributed by atoms with van der Waals surface area (Å²) in [6.45, 7) is 2.17. The zero-order chi connectivity index (χ0) is 18.7. The van der Waals surface area contributed by atoms with Crippen molar-refractivity contribution in [1.29, 1.82) is 0 Å². The predicted octanol–water partition coefficient (Wildman–Crippen LogP) is 3.04. The first-order valence-corrected chi connectivity index (χ1v) is 9.55. The van der Waals surface area contributed by atoms with Crippen molar-refractivity contribution >= 4 is 5.97 Å². The summed E-state index contributed by atoms with van der Waals surface area (Å²) in [4.78, 5) is 10.6. The standard InChI is InChI=1S/C20H34O5/c1-2-3-4-5-6-7-9-15(21)12-13-17-16(10-8-11-20(24)25)18(22)14-19(17)23/h6-7,12-13,15-19,21-23H,2-5,8-11,14H2,1H3,(H,24,25)/b7-6-,13-12+/t15-,16+,17-,18+,19-/m0/s1. The largest absolute Gasteiger partial charge is 0.481 e. The molecule has 1 saturated carbocycles. The average Bonchev–Trinajstić information content (AvgIpc) is 2.82. The summed E-state index contributed by atoms with van der Waals surface area (Å²) >= 11 is 0. The van der Waals surface area contributed by atoms with Gasteiger partial charge >= 0.3 is 5.97 Å². The van der Waals surface area contributed by atoms with Crippen LogP contribution < -0.4 is 0 Å². The van der Waals surface area contributed by atoms with Gasteiger partial charge in [0.2, 0.25) is 0 Å². The van der Waals surface area contributed by atoms with E-state index in [1.807, 2.05) is 6.08 Å². The number of carboxylic acid groups (broad SMARTS) is 1. The second-order valence-corrected chi connectivity index (χ2v) is 7.05. The van der Waals surface area contributed by atoms with E-state index >= 15 is 0 Å². The number of hydrogen-bond donors (Lipinski definition) is 4. The van der Waals surface area contributed by atoms with Crippen LogP contribution in [0.1, 0.15) is 64.7 Å². The Kier molecular flexibility index (Phi) is 10.7. The summed E-state index contributed by atoms with van der Waals surface area (Å²) in [7, 11) is 0. The van der Waals surface area contributed by atoms with Gasteiger partial charge in [-0.05, 0) is 38.0 Å². The van der Waals surface area contributed by atoms with Gasteiger partial charge in [0.1, 0.15) is 0 Å². The van der Waals surface area contributed by atoms with E-state index < -0.39 is 24.3 Å². The third kappa shape index (κ3) is 8.66. The lowest BCUT2D eigenvalue weighted by Gasteiger charge is -2.20. The Bertz CT molecular complexity index is 432. The highest BCUT2D eigenvalue weighted by Gasteiger charge is 2.39. The van der Waals surface area contributed by atoms with Crippen molar-refractivity contribution in [2.24, 2.45) is 11.8 Å². The topological polar surface area (TPSA) is 98.0 Å². The van der Waals surface area contributed by atoms with Gasteiger partial charge < -0.3 is 20.4 Å². The third-order valence-electron chi connectivity index (χ3n) is 4.92. The van der Waals surface area contributed by atoms with Gasteiger partial charge in [0, 0.05) is 18.8 Å². The molecular weight excluding hydrogens is 320 g/mol. The highest BCUT2D eigenvalue weighted by atomic mass is 16.4. The molecule has 0 saturated heterocycles. The molecule has 144 valence electrons. The lowest BCUT2D eigenvalue weighted by molar-refractivity contribution is -0.137. The van der Waals surface area contributed by atoms with Crippen LogP contribution in [-0.2, 0) is 4.79 Å². The minimum Gasteiger partial charge on any atom is -0.481 e. The molecule has 0 unspecified atom stereocenters. The van der Waals surface area contributed by atoms with Gasteiger partial charge in [0.05, 0.1) is 18.3 Å². The molecule has 0 aromatic carbocycles. The second-order valence-electron chi connectivity index (χ2n) is 7.05. The van der Waals surface area contributed by atoms with Crippen LogP contribution in [0.4, 0.5) is 0 Å². The Morgan fingerprint density at radius 3 is 2.60 bits per heavy atom. The first-order valence-electron chi connectivity index (χ1n) is 9.55. The predicted molar refractivity (Wildman–Crippen MR) is 98.1 cm³/mol. The molecule has 25 heavy (non-hydrogen) atoms. The van der Waals surface area contributed by atoms with Gasteiger partial charge in [-0.2, -0.15) is 0 Å². The lowest BCUT2D eigenvalue weighted by atomic mass is 9.88. The molecule has 0 aromatic rings. The normalized spacial score (nSPS) is 28.2. The van der Waals surface area contributed by atoms with Crippen LogP contribution in [0, 0.1) is 11.8 Å². The fraction of sp³-hybridized carbons (Fsp3) is 0.750. The highest BCUT2D eigenvalue weighted by Crippen LogP contribution is 2.37. The molecular formula is C20H34O5. The van der Waals surface area contributed by atoms with Gasteiger partial charge in [-0.15, -0.1) is 0 Å². The SMILES string of the molecule is CCCCC/C=C\C[C@H](O)/C=C/[C@H]1[C@@H](CCCC(=O)O)[C@H](O)C[C@@H]1O. The first-order chi connectivity index (χ1) is 12.0. The van der Waals surface area contributed by atoms with Crippen LogP contribution in [-0.4, -0.2) is 44.7 Å². The number of aliphatic carboxylic acids is 1. The molecule has 0 aromatic heterocycles. The Labute approximate surface area is 151 Å². The first kappa shape index (κ1) is 21.9. The summed E-state index contributed by atoms with van der Waals surface area (Å²) in [5.74, 6) is -1.23. The molecule has 0 spiro atoms. The molecule has 5 atom stereocenters. The van der Waals surface area contributed by atoms with Crippen molar-refractivity contribution in [3.63, 3.8) is 0 Å². The van der Waals surface area contributed by atoms with Gasteiger partial charge in [0.25, 0.3) is 0 Å². The summed E-state index contributed by atoms with van der Waals surface area (Å²) < 4.78 is 0. The third-order valence-corrected chi connectivity index (χ3v) is 4.92. The number of unbranched alkanes of at least 4 members (excludes halogenated alkanes) is 3. The van der Waals surface area contributed by atoms with E-state index in [1.165, 1.54) is 19.3 Å². The zero-order valence-electron chi connectivity index (χ0n) is 15.3. The van der Waals surface area contributed by atoms with E-state index in [2.05, 4.69) is 13.0 Å². The maximum Gasteiger partial charge on any atom is 0.303 e. The summed E-state index contributed by atoms with van der Waals surface area (Å²) in [5.41, 5.74) is 0. The van der Waals surface area contributed by atoms with Crippen LogP contribution >= 0.6 is 0 Å². The van der Waals surface area contributed by atoms with Gasteiger partial charge in [-0.3, -0.25) is 4.79 Å². The maximum absolute atomic E-state index is 10.6. The number of rotatable bonds is 12. The molecule has 0 aliphatic heterocycles. The Balaban J connectivity index is 2.44. The summed E-state index contributed by atoms with van der Waals surface area (Å²) in [6, 6.07) is 0. The van der Waals surface area contributed by atoms with Crippen molar-refractivity contribution in [3.8, 4) is 0 Å². The lowest BCUT2D eigenvalue weighted by Crippen LogP contribution is -2.21. The van der Waals surface area contributed by atoms with E-state index in [4.69, 9.17) is 5.11 Å². The maximum atomic E-state index is 10.6. The monoisotopic (exact) mass is 354 g/mol.